The van der Waals surface area contributed by atoms with Crippen LogP contribution >= 0.6 is 7.82 Å². The fourth-order valence-corrected chi connectivity index (χ4v) is 12.2. The predicted octanol–water partition coefficient (Wildman–Crippen LogP) is 25.1. The molecule has 0 aliphatic rings. The first-order valence-corrected chi connectivity index (χ1v) is 40.0. The van der Waals surface area contributed by atoms with Crippen molar-refractivity contribution in [2.24, 2.45) is 0 Å². The number of aliphatic hydroxyl groups excluding tert-OH is 1. The van der Waals surface area contributed by atoms with Crippen molar-refractivity contribution >= 4 is 13.7 Å². The highest BCUT2D eigenvalue weighted by Gasteiger charge is 2.28. The van der Waals surface area contributed by atoms with E-state index in [-0.39, 0.29) is 19.1 Å². The van der Waals surface area contributed by atoms with Crippen molar-refractivity contribution in [2.75, 3.05) is 40.9 Å². The monoisotopic (exact) mass is 1270 g/mol. The lowest BCUT2D eigenvalue weighted by atomic mass is 10.0. The molecule has 0 fully saturated rings. The van der Waals surface area contributed by atoms with Crippen LogP contribution in [0.3, 0.4) is 0 Å². The minimum absolute atomic E-state index is 0.0615. The zero-order valence-corrected chi connectivity index (χ0v) is 60.6. The predicted molar refractivity (Wildman–Crippen MR) is 392 cm³/mol. The summed E-state index contributed by atoms with van der Waals surface area (Å²) in [6.45, 7) is 4.75. The van der Waals surface area contributed by atoms with E-state index in [0.29, 0.717) is 17.4 Å². The molecule has 0 saturated heterocycles. The van der Waals surface area contributed by atoms with Gasteiger partial charge in [0.15, 0.2) is 0 Å². The molecule has 0 aliphatic heterocycles. The van der Waals surface area contributed by atoms with E-state index >= 15 is 0 Å². The van der Waals surface area contributed by atoms with Gasteiger partial charge in [-0.15, -0.1) is 0 Å². The van der Waals surface area contributed by atoms with Gasteiger partial charge in [-0.05, 0) is 70.6 Å². The summed E-state index contributed by atoms with van der Waals surface area (Å²) in [5.41, 5.74) is 0. The van der Waals surface area contributed by atoms with E-state index in [1.165, 1.54) is 270 Å². The number of rotatable bonds is 71. The molecule has 0 heterocycles. The van der Waals surface area contributed by atoms with Gasteiger partial charge in [-0.25, -0.2) is 4.57 Å². The second kappa shape index (κ2) is 70.0. The molecule has 3 unspecified atom stereocenters. The molecule has 0 aromatic heterocycles. The molecule has 520 valence electrons. The van der Waals surface area contributed by atoms with Crippen LogP contribution in [0.1, 0.15) is 367 Å². The molecule has 0 radical (unpaired) electrons. The van der Waals surface area contributed by atoms with Gasteiger partial charge < -0.3 is 19.8 Å². The topological polar surface area (TPSA) is 105 Å². The molecule has 0 aromatic carbocycles. The summed E-state index contributed by atoms with van der Waals surface area (Å²) in [7, 11) is 1.58. The number of nitrogens with zero attached hydrogens (tertiary/aromatic N) is 1. The number of unbranched alkanes of at least 4 members (excludes halogenated alkanes) is 46. The number of phosphoric acid groups is 1. The van der Waals surface area contributed by atoms with Gasteiger partial charge in [-0.3, -0.25) is 13.8 Å². The number of nitrogens with one attached hydrogen (secondary N) is 1. The quantitative estimate of drug-likeness (QED) is 0.0243. The fourth-order valence-electron chi connectivity index (χ4n) is 11.5. The summed E-state index contributed by atoms with van der Waals surface area (Å²) >= 11 is 0. The Hall–Kier alpha value is -2.32. The number of likely N-dealkylation sites (N-methyl/N-ethyl adjacent to an activating group) is 1. The van der Waals surface area contributed by atoms with Crippen LogP contribution in [0.2, 0.25) is 0 Å². The molecular formula is C80H150N2O6P+. The maximum absolute atomic E-state index is 13.1. The molecule has 0 aliphatic carbocycles. The van der Waals surface area contributed by atoms with Crippen LogP contribution in [-0.4, -0.2) is 73.4 Å². The first kappa shape index (κ1) is 86.7. The molecule has 3 atom stereocenters. The van der Waals surface area contributed by atoms with Gasteiger partial charge in [-0.2, -0.15) is 0 Å². The van der Waals surface area contributed by atoms with Crippen LogP contribution in [-0.2, 0) is 18.4 Å². The number of quaternary nitrogens is 1. The molecule has 0 saturated carbocycles. The van der Waals surface area contributed by atoms with Crippen molar-refractivity contribution in [2.45, 2.75) is 379 Å². The molecule has 0 aromatic rings. The smallest absolute Gasteiger partial charge is 0.387 e. The molecule has 1 amide bonds. The summed E-state index contributed by atoms with van der Waals surface area (Å²) in [6, 6.07) is -0.850. The van der Waals surface area contributed by atoms with E-state index in [2.05, 4.69) is 92.1 Å². The number of allylic oxidation sites excluding steroid dienone is 13. The normalized spacial score (nSPS) is 14.0. The number of phosphoric ester groups is 1. The van der Waals surface area contributed by atoms with Crippen molar-refractivity contribution < 1.29 is 32.9 Å². The minimum atomic E-state index is -4.36. The Morgan fingerprint density at radius 1 is 0.393 bits per heavy atom. The summed E-state index contributed by atoms with van der Waals surface area (Å²) in [5.74, 6) is -0.171. The van der Waals surface area contributed by atoms with E-state index in [0.717, 1.165) is 77.0 Å². The van der Waals surface area contributed by atoms with Crippen molar-refractivity contribution in [1.29, 1.82) is 0 Å². The first-order valence-electron chi connectivity index (χ1n) is 38.5. The number of hydrogen-bond acceptors (Lipinski definition) is 5. The summed E-state index contributed by atoms with van der Waals surface area (Å²) in [4.78, 5) is 23.5. The zero-order valence-electron chi connectivity index (χ0n) is 59.7. The van der Waals surface area contributed by atoms with Crippen LogP contribution in [0, 0.1) is 0 Å². The maximum atomic E-state index is 13.1. The summed E-state index contributed by atoms with van der Waals surface area (Å²) in [5, 5.41) is 14.0. The Labute approximate surface area is 554 Å². The van der Waals surface area contributed by atoms with Gasteiger partial charge in [0.2, 0.25) is 5.91 Å². The minimum Gasteiger partial charge on any atom is -0.387 e. The molecule has 9 heteroatoms. The second-order valence-corrected chi connectivity index (χ2v) is 28.8. The average Bonchev–Trinajstić information content (AvgIpc) is 3.55. The van der Waals surface area contributed by atoms with Crippen LogP contribution in [0.4, 0.5) is 0 Å². The van der Waals surface area contributed by atoms with Crippen molar-refractivity contribution in [1.82, 2.24) is 5.32 Å². The van der Waals surface area contributed by atoms with E-state index in [1.807, 2.05) is 27.2 Å². The van der Waals surface area contributed by atoms with Crippen molar-refractivity contribution in [3.63, 3.8) is 0 Å². The van der Waals surface area contributed by atoms with Crippen LogP contribution in [0.15, 0.2) is 85.1 Å². The third kappa shape index (κ3) is 73.0. The standard InChI is InChI=1S/C80H149N2O6P/c1-6-8-10-12-14-16-18-20-22-24-26-28-30-32-34-36-37-38-39-40-41-42-43-44-45-46-48-50-52-54-56-58-60-62-64-66-68-70-72-74-80(84)81-78(77-88-89(85,86)87-76-75-82(3,4)5)79(83)73-71-69-67-65-63-61-59-57-55-53-51-49-47-35-33-31-29-27-25-23-21-19-17-15-13-11-9-7-2/h8,10,14,16,20,22,26,28,32,34,37-38,71,73,78-79,83H,6-7,9,11-13,15,17-19,21,23-25,27,29-31,33,35-36,39-70,72,74-77H2,1-5H3,(H-,81,84,85,86)/p+1/b10-8-,16-14-,22-20-,28-26-,34-32-,38-37-,73-71+. The molecule has 89 heavy (non-hydrogen) atoms. The largest absolute Gasteiger partial charge is 0.472 e. The maximum Gasteiger partial charge on any atom is 0.472 e. The van der Waals surface area contributed by atoms with E-state index in [1.54, 1.807) is 6.08 Å². The molecule has 0 bridgehead atoms. The second-order valence-electron chi connectivity index (χ2n) is 27.4. The van der Waals surface area contributed by atoms with Gasteiger partial charge in [0.25, 0.3) is 0 Å². The summed E-state index contributed by atoms with van der Waals surface area (Å²) in [6.07, 6.45) is 100. The van der Waals surface area contributed by atoms with E-state index in [4.69, 9.17) is 9.05 Å². The Kier molecular flexibility index (Phi) is 68.2. The molecular weight excluding hydrogens is 1120 g/mol. The third-order valence-electron chi connectivity index (χ3n) is 17.4. The van der Waals surface area contributed by atoms with Crippen LogP contribution in [0.5, 0.6) is 0 Å². The highest BCUT2D eigenvalue weighted by Crippen LogP contribution is 2.43. The molecule has 0 rings (SSSR count). The van der Waals surface area contributed by atoms with Gasteiger partial charge in [0.05, 0.1) is 39.9 Å². The number of carbonyl (C=O) groups is 1. The number of amides is 1. The highest BCUT2D eigenvalue weighted by atomic mass is 31.2. The first-order chi connectivity index (χ1) is 43.5. The lowest BCUT2D eigenvalue weighted by Gasteiger charge is -2.25. The SMILES string of the molecule is CC/C=C\C/C=C\C/C=C\C/C=C\C/C=C\C/C=C\CCCCCCCCCCCCCCCCCCCCCCC(=O)NC(COP(=O)(O)OCC[N+](C)(C)C)C(O)/C=C/CCCCCCCCCCCCCCCCCCCCCCCCCCCC. The Morgan fingerprint density at radius 3 is 0.989 bits per heavy atom. The number of aliphatic hydroxyl groups is 1. The lowest BCUT2D eigenvalue weighted by Crippen LogP contribution is -2.45. The molecule has 8 nitrogen and oxygen atoms in total. The fraction of sp³-hybridized carbons (Fsp3) is 0.812. The molecule has 3 N–H and O–H groups in total. The zero-order chi connectivity index (χ0) is 64.8. The summed E-state index contributed by atoms with van der Waals surface area (Å²) < 4.78 is 23.9. The van der Waals surface area contributed by atoms with Crippen molar-refractivity contribution in [3.8, 4) is 0 Å². The van der Waals surface area contributed by atoms with Gasteiger partial charge in [0.1, 0.15) is 13.2 Å². The Bertz CT molecular complexity index is 1730. The van der Waals surface area contributed by atoms with Gasteiger partial charge in [0, 0.05) is 6.42 Å². The molecule has 0 spiro atoms. The van der Waals surface area contributed by atoms with Crippen molar-refractivity contribution in [3.05, 3.63) is 85.1 Å². The highest BCUT2D eigenvalue weighted by molar-refractivity contribution is 7.47. The van der Waals surface area contributed by atoms with Crippen LogP contribution < -0.4 is 5.32 Å². The Balaban J connectivity index is 3.98. The van der Waals surface area contributed by atoms with Gasteiger partial charge >= 0.3 is 7.82 Å². The third-order valence-corrected chi connectivity index (χ3v) is 18.4. The Morgan fingerprint density at radius 2 is 0.674 bits per heavy atom. The van der Waals surface area contributed by atoms with E-state index in [9.17, 15) is 19.4 Å². The van der Waals surface area contributed by atoms with E-state index < -0.39 is 20.0 Å². The number of hydrogen-bond donors (Lipinski definition) is 3. The van der Waals surface area contributed by atoms with Crippen LogP contribution in [0.25, 0.3) is 0 Å². The average molecular weight is 1270 g/mol. The number of carbonyl (C=O) groups excluding carboxylic acids is 1. The van der Waals surface area contributed by atoms with Gasteiger partial charge in [-0.1, -0.05) is 375 Å². The lowest BCUT2D eigenvalue weighted by molar-refractivity contribution is -0.870.